The van der Waals surface area contributed by atoms with Crippen molar-refractivity contribution in [1.29, 1.82) is 0 Å². The normalized spacial score (nSPS) is 35.5. The Balaban J connectivity index is 0.000000790. The Kier molecular flexibility index (Phi) is 32.1. The minimum absolute atomic E-state index is 0.0694. The van der Waals surface area contributed by atoms with Crippen LogP contribution in [0.4, 0.5) is 0 Å². The third-order valence-corrected chi connectivity index (χ3v) is 16.3. The average molecular weight is 1000 g/mol. The molecule has 7 rings (SSSR count). The van der Waals surface area contributed by atoms with E-state index in [1.165, 1.54) is 11.1 Å². The fraction of sp³-hybridized carbons (Fsp3) is 0.724. The highest BCUT2D eigenvalue weighted by Crippen LogP contribution is 2.33. The highest BCUT2D eigenvalue weighted by molar-refractivity contribution is 5.98. The van der Waals surface area contributed by atoms with E-state index in [0.29, 0.717) is 49.6 Å². The number of Topliss-reactive ketones (excluding diaryl/α,β-unsaturated/α-hetero) is 4. The molecule has 0 heterocycles. The van der Waals surface area contributed by atoms with E-state index in [4.69, 9.17) is 15.3 Å². The van der Waals surface area contributed by atoms with Crippen molar-refractivity contribution in [3.05, 3.63) is 59.8 Å². The summed E-state index contributed by atoms with van der Waals surface area (Å²) in [5.41, 5.74) is 3.50. The lowest BCUT2D eigenvalue weighted by atomic mass is 9.98. The lowest BCUT2D eigenvalue weighted by Crippen LogP contribution is -2.15. The Labute approximate surface area is 427 Å². The molecule has 0 bridgehead atoms. The molecule has 7 aliphatic rings. The summed E-state index contributed by atoms with van der Waals surface area (Å²) in [4.78, 5) is 63.9. The highest BCUT2D eigenvalue weighted by atomic mass is 16.4. The quantitative estimate of drug-likeness (QED) is 0.0972. The van der Waals surface area contributed by atoms with Crippen LogP contribution in [0.3, 0.4) is 0 Å². The maximum atomic E-state index is 10.8. The molecule has 0 aromatic carbocycles. The second-order valence-electron chi connectivity index (χ2n) is 21.3. The first kappa shape index (κ1) is 67.3. The second kappa shape index (κ2) is 33.9. The van der Waals surface area contributed by atoms with Crippen molar-refractivity contribution in [2.24, 2.45) is 65.1 Å². The van der Waals surface area contributed by atoms with Crippen molar-refractivity contribution in [1.82, 2.24) is 0 Å². The van der Waals surface area contributed by atoms with Crippen LogP contribution in [0, 0.1) is 65.1 Å². The van der Waals surface area contributed by atoms with Gasteiger partial charge in [0.15, 0.2) is 11.6 Å². The minimum Gasteiger partial charge on any atom is -0.481 e. The van der Waals surface area contributed by atoms with Crippen molar-refractivity contribution in [2.45, 2.75) is 204 Å². The summed E-state index contributed by atoms with van der Waals surface area (Å²) in [5, 5.41) is 63.2. The lowest BCUT2D eigenvalue weighted by molar-refractivity contribution is -0.137. The number of aliphatic carboxylic acids is 1. The molecule has 13 heteroatoms. The van der Waals surface area contributed by atoms with Gasteiger partial charge in [0.25, 0.3) is 0 Å². The molecule has 0 unspecified atom stereocenters. The molecule has 0 spiro atoms. The lowest BCUT2D eigenvalue weighted by Gasteiger charge is -2.12. The standard InChI is InChI=1S/C9H14O2.2C7H14O2.2C7H12O2.3C7H10O/c1-2-3-4-5-6-7-8-9(10)11;4*1-4-5(2)7(9)3-6(4)8;3*1-5-3-4-7(8)6(5)2/h2,4-5H,1,3,6-8H2,(H,10,11);2*4-9H,3H2,1-2H3;2*4-6,8H,3H2,1-2H3;3-4H2,1-2H3;3,6H,4H2,1-2H3;3-6H,1-2H3/b5-4-;;;;;;;/t;2*4-,5-,6-,7+;4-,5-,6+;4-,5-,6-;;6-;5-,6+/m.1111.10/s1. The zero-order valence-corrected chi connectivity index (χ0v) is 45.8. The van der Waals surface area contributed by atoms with Gasteiger partial charge in [0.05, 0.1) is 36.6 Å². The SMILES string of the molecule is C=CC/C=C\CCCC(=O)O.CC1=C(C)C(=O)CC1.CC1=CCC(=O)[C@@H]1C.C[C@@H]1[C@@H](C)[C@@H](O)C[C@H]1O.C[C@@H]1[C@@H](C)[C@@H](O)C[C@H]1O.C[C@H]1C=CC(=O)[C@@H]1C.C[C@H]1[C@@H](O)CC(=O)[C@@H]1C.C[C@H]1[C@H](O)CC(=O)[C@@H]1C. The van der Waals surface area contributed by atoms with Crippen LogP contribution in [-0.2, 0) is 28.8 Å². The van der Waals surface area contributed by atoms with Crippen LogP contribution >= 0.6 is 0 Å². The third kappa shape index (κ3) is 23.8. The topological polar surface area (TPSA) is 244 Å². The van der Waals surface area contributed by atoms with Gasteiger partial charge in [-0.1, -0.05) is 118 Å². The number of carbonyl (C=O) groups is 6. The largest absolute Gasteiger partial charge is 0.481 e. The van der Waals surface area contributed by atoms with E-state index in [0.717, 1.165) is 37.7 Å². The van der Waals surface area contributed by atoms with Gasteiger partial charge in [-0.05, 0) is 112 Å². The number of carbonyl (C=O) groups excluding carboxylic acids is 5. The molecular weight excluding hydrogens is 905 g/mol. The summed E-state index contributed by atoms with van der Waals surface area (Å²) < 4.78 is 0. The van der Waals surface area contributed by atoms with Gasteiger partial charge in [-0.3, -0.25) is 28.8 Å². The molecule has 0 aliphatic heterocycles. The summed E-state index contributed by atoms with van der Waals surface area (Å²) >= 11 is 0. The molecule has 7 N–H and O–H groups in total. The van der Waals surface area contributed by atoms with E-state index in [2.05, 4.69) is 13.5 Å². The Morgan fingerprint density at radius 2 is 1.04 bits per heavy atom. The molecule has 17 atom stereocenters. The van der Waals surface area contributed by atoms with Crippen molar-refractivity contribution in [2.75, 3.05) is 0 Å². The molecule has 71 heavy (non-hydrogen) atoms. The van der Waals surface area contributed by atoms with E-state index in [1.54, 1.807) is 6.08 Å². The fourth-order valence-electron chi connectivity index (χ4n) is 8.45. The number of carboxylic acid groups (broad SMARTS) is 1. The first-order chi connectivity index (χ1) is 32.9. The zero-order valence-electron chi connectivity index (χ0n) is 45.8. The second-order valence-corrected chi connectivity index (χ2v) is 21.3. The van der Waals surface area contributed by atoms with Crippen molar-refractivity contribution in [3.8, 4) is 0 Å². The van der Waals surface area contributed by atoms with Crippen LogP contribution in [0.5, 0.6) is 0 Å². The molecule has 7 aliphatic carbocycles. The number of carboxylic acids is 1. The molecule has 4 fully saturated rings. The number of hydrogen-bond acceptors (Lipinski definition) is 12. The number of aliphatic hydroxyl groups excluding tert-OH is 6. The smallest absolute Gasteiger partial charge is 0.303 e. The summed E-state index contributed by atoms with van der Waals surface area (Å²) in [6.07, 6.45) is 16.5. The van der Waals surface area contributed by atoms with Crippen LogP contribution in [0.15, 0.2) is 59.8 Å². The first-order valence-electron chi connectivity index (χ1n) is 26.1. The molecule has 0 amide bonds. The predicted molar refractivity (Wildman–Crippen MR) is 281 cm³/mol. The molecule has 0 aromatic rings. The molecule has 0 radical (unpaired) electrons. The van der Waals surface area contributed by atoms with Crippen molar-refractivity contribution < 1.29 is 64.5 Å². The zero-order chi connectivity index (χ0) is 55.0. The van der Waals surface area contributed by atoms with E-state index >= 15 is 0 Å². The Morgan fingerprint density at radius 1 is 0.606 bits per heavy atom. The molecule has 4 saturated carbocycles. The Bertz CT molecular complexity index is 1740. The third-order valence-electron chi connectivity index (χ3n) is 16.3. The number of rotatable bonds is 6. The maximum Gasteiger partial charge on any atom is 0.303 e. The van der Waals surface area contributed by atoms with E-state index in [9.17, 15) is 49.2 Å². The van der Waals surface area contributed by atoms with Crippen LogP contribution in [0.1, 0.15) is 168 Å². The molecule has 0 saturated heterocycles. The van der Waals surface area contributed by atoms with Gasteiger partial charge < -0.3 is 35.7 Å². The summed E-state index contributed by atoms with van der Waals surface area (Å²) in [6.45, 7) is 31.0. The van der Waals surface area contributed by atoms with E-state index in [-0.39, 0.29) is 120 Å². The van der Waals surface area contributed by atoms with Crippen molar-refractivity contribution in [3.63, 3.8) is 0 Å². The Morgan fingerprint density at radius 3 is 1.20 bits per heavy atom. The molecule has 13 nitrogen and oxygen atoms in total. The minimum atomic E-state index is -0.720. The van der Waals surface area contributed by atoms with Gasteiger partial charge in [0, 0.05) is 55.8 Å². The van der Waals surface area contributed by atoms with Crippen LogP contribution < -0.4 is 0 Å². The van der Waals surface area contributed by atoms with Crippen LogP contribution in [-0.4, -0.2) is 107 Å². The van der Waals surface area contributed by atoms with Gasteiger partial charge >= 0.3 is 5.97 Å². The van der Waals surface area contributed by atoms with Gasteiger partial charge in [-0.25, -0.2) is 0 Å². The number of allylic oxidation sites excluding steroid dienone is 9. The van der Waals surface area contributed by atoms with Crippen LogP contribution in [0.2, 0.25) is 0 Å². The maximum absolute atomic E-state index is 10.8. The van der Waals surface area contributed by atoms with Crippen LogP contribution in [0.25, 0.3) is 0 Å². The highest BCUT2D eigenvalue weighted by Gasteiger charge is 2.37. The van der Waals surface area contributed by atoms with Crippen molar-refractivity contribution >= 4 is 34.9 Å². The van der Waals surface area contributed by atoms with Gasteiger partial charge in [0.1, 0.15) is 17.3 Å². The van der Waals surface area contributed by atoms with E-state index < -0.39 is 5.97 Å². The summed E-state index contributed by atoms with van der Waals surface area (Å²) in [7, 11) is 0. The van der Waals surface area contributed by atoms with Gasteiger partial charge in [0.2, 0.25) is 0 Å². The molecule has 406 valence electrons. The number of unbranched alkanes of at least 4 members (excludes halogenated alkanes) is 1. The van der Waals surface area contributed by atoms with Gasteiger partial charge in [-0.2, -0.15) is 0 Å². The summed E-state index contributed by atoms with van der Waals surface area (Å²) in [5.74, 6) is 3.08. The van der Waals surface area contributed by atoms with Gasteiger partial charge in [-0.15, -0.1) is 6.58 Å². The first-order valence-corrected chi connectivity index (χ1v) is 26.1. The van der Waals surface area contributed by atoms with E-state index in [1.807, 2.05) is 120 Å². The number of hydrogen-bond donors (Lipinski definition) is 7. The monoisotopic (exact) mass is 1000 g/mol. The number of ketones is 5. The molecule has 0 aromatic heterocycles. The Hall–Kier alpha value is -3.72. The predicted octanol–water partition coefficient (Wildman–Crippen LogP) is 8.95. The average Bonchev–Trinajstić information content (AvgIpc) is 4.12. The summed E-state index contributed by atoms with van der Waals surface area (Å²) in [6, 6.07) is 0. The molecular formula is C58H96O13. The fourth-order valence-corrected chi connectivity index (χ4v) is 8.45. The number of aliphatic hydroxyl groups is 6.